The summed E-state index contributed by atoms with van der Waals surface area (Å²) in [6.07, 6.45) is 0. The summed E-state index contributed by atoms with van der Waals surface area (Å²) in [6, 6.07) is 20.0. The monoisotopic (exact) mass is 444 g/mol. The van der Waals surface area contributed by atoms with Crippen molar-refractivity contribution in [1.29, 1.82) is 0 Å². The standard InChI is InChI=1S/C24H20N4O5/c1-30-19-5-3-4-16(12-19)23(29)25-17-7-9-18(10-8-17)28-22(26-24(27-28)31-2)15-6-11-20-21(13-15)33-14-32-20/h3-13H,14H2,1-2H3,(H,25,29). The summed E-state index contributed by atoms with van der Waals surface area (Å²) in [5.74, 6) is 2.31. The van der Waals surface area contributed by atoms with Gasteiger partial charge in [0.25, 0.3) is 5.91 Å². The van der Waals surface area contributed by atoms with Crippen LogP contribution >= 0.6 is 0 Å². The molecular formula is C24H20N4O5. The molecule has 9 heteroatoms. The van der Waals surface area contributed by atoms with Crippen molar-refractivity contribution in [1.82, 2.24) is 14.8 Å². The minimum atomic E-state index is -0.231. The third-order valence-electron chi connectivity index (χ3n) is 5.10. The highest BCUT2D eigenvalue weighted by Gasteiger charge is 2.19. The van der Waals surface area contributed by atoms with Gasteiger partial charge >= 0.3 is 6.01 Å². The third kappa shape index (κ3) is 4.03. The number of aromatic nitrogens is 3. The topological polar surface area (TPSA) is 96.7 Å². The van der Waals surface area contributed by atoms with E-state index in [9.17, 15) is 4.79 Å². The molecule has 5 rings (SSSR count). The molecule has 0 saturated heterocycles. The molecule has 1 aliphatic rings. The molecular weight excluding hydrogens is 424 g/mol. The SMILES string of the molecule is COc1cccc(C(=O)Nc2ccc(-n3nc(OC)nc3-c3ccc4c(c3)OCO4)cc2)c1. The fourth-order valence-electron chi connectivity index (χ4n) is 3.44. The summed E-state index contributed by atoms with van der Waals surface area (Å²) in [5.41, 5.74) is 2.69. The Morgan fingerprint density at radius 2 is 1.79 bits per heavy atom. The predicted octanol–water partition coefficient (Wildman–Crippen LogP) is 3.93. The number of benzene rings is 3. The minimum Gasteiger partial charge on any atom is -0.497 e. The number of nitrogens with one attached hydrogen (secondary N) is 1. The number of hydrogen-bond donors (Lipinski definition) is 1. The average Bonchev–Trinajstić information content (AvgIpc) is 3.51. The molecule has 1 aromatic heterocycles. The summed E-state index contributed by atoms with van der Waals surface area (Å²) in [4.78, 5) is 17.1. The summed E-state index contributed by atoms with van der Waals surface area (Å²) < 4.78 is 23.0. The second kappa shape index (κ2) is 8.54. The molecule has 33 heavy (non-hydrogen) atoms. The van der Waals surface area contributed by atoms with E-state index in [1.807, 2.05) is 30.3 Å². The van der Waals surface area contributed by atoms with Gasteiger partial charge in [-0.3, -0.25) is 4.79 Å². The first kappa shape index (κ1) is 20.4. The number of carbonyl (C=O) groups excluding carboxylic acids is 1. The van der Waals surface area contributed by atoms with Gasteiger partial charge in [-0.15, -0.1) is 5.10 Å². The van der Waals surface area contributed by atoms with Crippen molar-refractivity contribution in [3.63, 3.8) is 0 Å². The summed E-state index contributed by atoms with van der Waals surface area (Å²) in [5, 5.41) is 7.32. The Bertz CT molecular complexity index is 1320. The highest BCUT2D eigenvalue weighted by atomic mass is 16.7. The van der Waals surface area contributed by atoms with E-state index in [1.54, 1.807) is 48.2 Å². The van der Waals surface area contributed by atoms with Crippen LogP contribution < -0.4 is 24.3 Å². The van der Waals surface area contributed by atoms with E-state index in [2.05, 4.69) is 15.4 Å². The number of hydrogen-bond acceptors (Lipinski definition) is 7. The average molecular weight is 444 g/mol. The van der Waals surface area contributed by atoms with E-state index in [0.717, 1.165) is 11.3 Å². The van der Waals surface area contributed by atoms with Gasteiger partial charge < -0.3 is 24.3 Å². The van der Waals surface area contributed by atoms with E-state index in [1.165, 1.54) is 7.11 Å². The Hall–Kier alpha value is -4.53. The molecule has 0 bridgehead atoms. The van der Waals surface area contributed by atoms with Crippen molar-refractivity contribution < 1.29 is 23.7 Å². The maximum absolute atomic E-state index is 12.6. The van der Waals surface area contributed by atoms with E-state index in [0.29, 0.717) is 34.3 Å². The van der Waals surface area contributed by atoms with Crippen molar-refractivity contribution in [2.24, 2.45) is 0 Å². The van der Waals surface area contributed by atoms with Crippen LogP contribution in [0, 0.1) is 0 Å². The molecule has 3 aromatic carbocycles. The molecule has 0 atom stereocenters. The number of anilines is 1. The zero-order chi connectivity index (χ0) is 22.8. The molecule has 0 unspecified atom stereocenters. The van der Waals surface area contributed by atoms with Gasteiger partial charge in [-0.2, -0.15) is 4.98 Å². The molecule has 1 amide bonds. The molecule has 0 aliphatic carbocycles. The van der Waals surface area contributed by atoms with Crippen molar-refractivity contribution in [2.75, 3.05) is 26.3 Å². The van der Waals surface area contributed by atoms with Crippen molar-refractivity contribution >= 4 is 11.6 Å². The number of methoxy groups -OCH3 is 2. The van der Waals surface area contributed by atoms with Crippen LogP contribution in [0.5, 0.6) is 23.3 Å². The van der Waals surface area contributed by atoms with Crippen LogP contribution in [0.25, 0.3) is 17.1 Å². The Morgan fingerprint density at radius 3 is 2.58 bits per heavy atom. The zero-order valence-corrected chi connectivity index (χ0v) is 17.9. The third-order valence-corrected chi connectivity index (χ3v) is 5.10. The normalized spacial score (nSPS) is 11.8. The van der Waals surface area contributed by atoms with Crippen LogP contribution in [-0.2, 0) is 0 Å². The molecule has 0 fully saturated rings. The second-order valence-corrected chi connectivity index (χ2v) is 7.13. The van der Waals surface area contributed by atoms with Gasteiger partial charge in [-0.25, -0.2) is 4.68 Å². The Morgan fingerprint density at radius 1 is 0.970 bits per heavy atom. The highest BCUT2D eigenvalue weighted by molar-refractivity contribution is 6.04. The Kier molecular flexibility index (Phi) is 5.27. The van der Waals surface area contributed by atoms with Crippen LogP contribution in [0.2, 0.25) is 0 Å². The van der Waals surface area contributed by atoms with Gasteiger partial charge in [0, 0.05) is 16.8 Å². The lowest BCUT2D eigenvalue weighted by Crippen LogP contribution is -2.12. The van der Waals surface area contributed by atoms with E-state index in [-0.39, 0.29) is 18.7 Å². The van der Waals surface area contributed by atoms with Crippen LogP contribution in [0.1, 0.15) is 10.4 Å². The molecule has 1 N–H and O–H groups in total. The molecule has 1 aliphatic heterocycles. The summed E-state index contributed by atoms with van der Waals surface area (Å²) >= 11 is 0. The number of nitrogens with zero attached hydrogens (tertiary/aromatic N) is 3. The Labute approximate surface area is 189 Å². The van der Waals surface area contributed by atoms with Gasteiger partial charge in [0.15, 0.2) is 17.3 Å². The molecule has 166 valence electrons. The molecule has 0 radical (unpaired) electrons. The smallest absolute Gasteiger partial charge is 0.336 e. The van der Waals surface area contributed by atoms with Crippen molar-refractivity contribution in [3.05, 3.63) is 72.3 Å². The first-order chi connectivity index (χ1) is 16.1. The van der Waals surface area contributed by atoms with Crippen LogP contribution in [-0.4, -0.2) is 41.7 Å². The zero-order valence-electron chi connectivity index (χ0n) is 17.9. The predicted molar refractivity (Wildman–Crippen MR) is 120 cm³/mol. The van der Waals surface area contributed by atoms with E-state index >= 15 is 0 Å². The van der Waals surface area contributed by atoms with E-state index < -0.39 is 0 Å². The maximum Gasteiger partial charge on any atom is 0.336 e. The largest absolute Gasteiger partial charge is 0.497 e. The molecule has 4 aromatic rings. The van der Waals surface area contributed by atoms with Gasteiger partial charge in [0.2, 0.25) is 6.79 Å². The van der Waals surface area contributed by atoms with Crippen LogP contribution in [0.4, 0.5) is 5.69 Å². The van der Waals surface area contributed by atoms with Crippen LogP contribution in [0.3, 0.4) is 0 Å². The summed E-state index contributed by atoms with van der Waals surface area (Å²) in [6.45, 7) is 0.192. The van der Waals surface area contributed by atoms with Gasteiger partial charge in [0.05, 0.1) is 19.9 Å². The lowest BCUT2D eigenvalue weighted by molar-refractivity contribution is 0.102. The number of rotatable bonds is 6. The second-order valence-electron chi connectivity index (χ2n) is 7.13. The molecule has 0 spiro atoms. The number of amides is 1. The van der Waals surface area contributed by atoms with E-state index in [4.69, 9.17) is 18.9 Å². The molecule has 0 saturated carbocycles. The lowest BCUT2D eigenvalue weighted by Gasteiger charge is -2.09. The first-order valence-electron chi connectivity index (χ1n) is 10.1. The van der Waals surface area contributed by atoms with Crippen molar-refractivity contribution in [3.8, 4) is 40.3 Å². The quantitative estimate of drug-likeness (QED) is 0.481. The minimum absolute atomic E-state index is 0.192. The van der Waals surface area contributed by atoms with Gasteiger partial charge in [0.1, 0.15) is 5.75 Å². The van der Waals surface area contributed by atoms with Crippen molar-refractivity contribution in [2.45, 2.75) is 0 Å². The van der Waals surface area contributed by atoms with Gasteiger partial charge in [-0.05, 0) is 60.7 Å². The highest BCUT2D eigenvalue weighted by Crippen LogP contribution is 2.36. The maximum atomic E-state index is 12.6. The number of carbonyl (C=O) groups is 1. The fourth-order valence-corrected chi connectivity index (χ4v) is 3.44. The molecule has 2 heterocycles. The lowest BCUT2D eigenvalue weighted by atomic mass is 10.1. The Balaban J connectivity index is 1.41. The summed E-state index contributed by atoms with van der Waals surface area (Å²) in [7, 11) is 3.08. The first-order valence-corrected chi connectivity index (χ1v) is 10.1. The fraction of sp³-hybridized carbons (Fsp3) is 0.125. The van der Waals surface area contributed by atoms with Gasteiger partial charge in [-0.1, -0.05) is 6.07 Å². The molecule has 9 nitrogen and oxygen atoms in total. The van der Waals surface area contributed by atoms with Crippen LogP contribution in [0.15, 0.2) is 66.7 Å². The number of ether oxygens (including phenoxy) is 4. The number of fused-ring (bicyclic) bond motifs is 1.